The van der Waals surface area contributed by atoms with E-state index in [4.69, 9.17) is 9.47 Å². The van der Waals surface area contributed by atoms with Crippen molar-refractivity contribution in [2.45, 2.75) is 53.5 Å². The van der Waals surface area contributed by atoms with Gasteiger partial charge >= 0.3 is 23.3 Å². The molecule has 288 valence electrons. The summed E-state index contributed by atoms with van der Waals surface area (Å²) >= 11 is 1.74. The van der Waals surface area contributed by atoms with Crippen LogP contribution in [0.1, 0.15) is 11.1 Å². The molecule has 0 aliphatic rings. The monoisotopic (exact) mass is 820 g/mol. The lowest BCUT2D eigenvalue weighted by molar-refractivity contribution is -0.382. The number of methoxy groups -OCH3 is 2. The molecule has 0 aliphatic carbocycles. The molecule has 0 amide bonds. The van der Waals surface area contributed by atoms with Crippen molar-refractivity contribution >= 4 is 32.8 Å². The third-order valence-electron chi connectivity index (χ3n) is 7.65. The normalized spacial score (nSPS) is 13.0. The first-order valence-electron chi connectivity index (χ1n) is 15.3. The highest BCUT2D eigenvalue weighted by molar-refractivity contribution is 7.99. The van der Waals surface area contributed by atoms with Crippen molar-refractivity contribution in [3.63, 3.8) is 0 Å². The Kier molecular flexibility index (Phi) is 13.3. The molecular weight excluding hydrogens is 792 g/mol. The van der Waals surface area contributed by atoms with Gasteiger partial charge in [0.25, 0.3) is 0 Å². The molecule has 5 rings (SSSR count). The Morgan fingerprint density at radius 2 is 0.870 bits per heavy atom. The van der Waals surface area contributed by atoms with Crippen molar-refractivity contribution in [2.24, 2.45) is 0 Å². The fraction of sp³-hybridized carbons (Fsp3) is 0.189. The van der Waals surface area contributed by atoms with E-state index in [9.17, 15) is 52.5 Å². The average molecular weight is 821 g/mol. The Morgan fingerprint density at radius 3 is 1.24 bits per heavy atom. The zero-order chi connectivity index (χ0) is 40.0. The van der Waals surface area contributed by atoms with E-state index in [1.807, 2.05) is 6.07 Å². The molecule has 0 N–H and O–H groups in total. The molecule has 17 heteroatoms. The topological polar surface area (TPSA) is 75.7 Å². The number of hydrogen-bond acceptors (Lipinski definition) is 6. The predicted octanol–water partition coefficient (Wildman–Crippen LogP) is 10.4. The zero-order valence-corrected chi connectivity index (χ0v) is 30.4. The third-order valence-corrected chi connectivity index (χ3v) is 11.8. The van der Waals surface area contributed by atoms with Gasteiger partial charge < -0.3 is 14.0 Å². The smallest absolute Gasteiger partial charge is 0.460 e. The summed E-state index contributed by atoms with van der Waals surface area (Å²) in [5.41, 5.74) is 1.90. The van der Waals surface area contributed by atoms with E-state index in [2.05, 4.69) is 133 Å². The van der Waals surface area contributed by atoms with Crippen LogP contribution < -0.4 is 0 Å². The quantitative estimate of drug-likeness (QED) is 0.0540. The van der Waals surface area contributed by atoms with Crippen LogP contribution >= 0.6 is 11.8 Å². The van der Waals surface area contributed by atoms with E-state index in [0.29, 0.717) is 0 Å². The predicted molar refractivity (Wildman–Crippen MR) is 184 cm³/mol. The van der Waals surface area contributed by atoms with Gasteiger partial charge in [-0.25, -0.2) is 8.42 Å². The van der Waals surface area contributed by atoms with Crippen molar-refractivity contribution < 1.29 is 62.0 Å². The van der Waals surface area contributed by atoms with Crippen molar-refractivity contribution in [1.29, 1.82) is 0 Å². The van der Waals surface area contributed by atoms with E-state index in [1.54, 1.807) is 26.0 Å². The lowest BCUT2D eigenvalue weighted by Gasteiger charge is -2.34. The number of rotatable bonds is 12. The summed E-state index contributed by atoms with van der Waals surface area (Å²) in [6.45, 7) is 0. The zero-order valence-electron chi connectivity index (χ0n) is 27.9. The summed E-state index contributed by atoms with van der Waals surface area (Å²) in [6, 6.07) is 48.8. The van der Waals surface area contributed by atoms with E-state index in [1.165, 1.54) is 24.5 Å². The molecule has 0 saturated carbocycles. The van der Waals surface area contributed by atoms with Gasteiger partial charge in [-0.05, 0) is 72.8 Å². The van der Waals surface area contributed by atoms with E-state index in [-0.39, 0.29) is 10.9 Å². The molecule has 0 atom stereocenters. The maximum atomic E-state index is 12.2. The molecule has 0 heterocycles. The van der Waals surface area contributed by atoms with E-state index < -0.39 is 39.2 Å². The van der Waals surface area contributed by atoms with Gasteiger partial charge in [0.15, 0.2) is 24.8 Å². The summed E-state index contributed by atoms with van der Waals surface area (Å²) < 4.78 is 148. The first kappa shape index (κ1) is 42.7. The van der Waals surface area contributed by atoms with Crippen molar-refractivity contribution in [3.8, 4) is 0 Å². The Labute approximate surface area is 312 Å². The van der Waals surface area contributed by atoms with Crippen LogP contribution in [-0.2, 0) is 36.3 Å². The second-order valence-corrected chi connectivity index (χ2v) is 15.6. The van der Waals surface area contributed by atoms with Crippen LogP contribution in [0, 0.1) is 0 Å². The molecule has 54 heavy (non-hydrogen) atoms. The molecule has 5 aromatic carbocycles. The van der Waals surface area contributed by atoms with Gasteiger partial charge in [0.2, 0.25) is 5.79 Å². The summed E-state index contributed by atoms with van der Waals surface area (Å²) in [4.78, 5) is 6.20. The Morgan fingerprint density at radius 1 is 0.519 bits per heavy atom. The highest BCUT2D eigenvalue weighted by Gasteiger charge is 2.83. The summed E-state index contributed by atoms with van der Waals surface area (Å²) in [6.07, 6.45) is -7.16. The second kappa shape index (κ2) is 16.8. The fourth-order valence-corrected chi connectivity index (χ4v) is 8.30. The molecule has 0 radical (unpaired) electrons. The van der Waals surface area contributed by atoms with E-state index >= 15 is 0 Å². The van der Waals surface area contributed by atoms with Crippen LogP contribution in [0.3, 0.4) is 0 Å². The van der Waals surface area contributed by atoms with Gasteiger partial charge in [-0.2, -0.15) is 39.5 Å². The molecule has 5 nitrogen and oxygen atoms in total. The lowest BCUT2D eigenvalue weighted by Crippen LogP contribution is -2.63. The molecule has 0 saturated heterocycles. The number of hydrogen-bond donors (Lipinski definition) is 0. The van der Waals surface area contributed by atoms with Crippen LogP contribution in [-0.4, -0.2) is 50.5 Å². The highest BCUT2D eigenvalue weighted by atomic mass is 32.2. The molecular formula is C37H29F9O5S3. The Hall–Kier alpha value is -4.00. The first-order valence-corrected chi connectivity index (χ1v) is 18.7. The van der Waals surface area contributed by atoms with Crippen LogP contribution in [0.2, 0.25) is 0 Å². The maximum absolute atomic E-state index is 12.2. The van der Waals surface area contributed by atoms with Crippen molar-refractivity contribution in [3.05, 3.63) is 151 Å². The molecule has 0 aromatic heterocycles. The van der Waals surface area contributed by atoms with Crippen LogP contribution in [0.15, 0.2) is 164 Å². The van der Waals surface area contributed by atoms with Crippen molar-refractivity contribution in [1.82, 2.24) is 0 Å². The van der Waals surface area contributed by atoms with Gasteiger partial charge in [-0.3, -0.25) is 0 Å². The van der Waals surface area contributed by atoms with Crippen LogP contribution in [0.5, 0.6) is 0 Å². The maximum Gasteiger partial charge on any atom is 0.460 e. The Bertz CT molecular complexity index is 2010. The molecule has 0 aliphatic heterocycles. The molecule has 0 unspecified atom stereocenters. The third kappa shape index (κ3) is 8.76. The van der Waals surface area contributed by atoms with Crippen LogP contribution in [0.4, 0.5) is 39.5 Å². The number of benzene rings is 5. The highest BCUT2D eigenvalue weighted by Crippen LogP contribution is 2.54. The summed E-state index contributed by atoms with van der Waals surface area (Å²) in [5.74, 6) is -15.8. The minimum absolute atomic E-state index is 0.205. The molecule has 0 fully saturated rings. The van der Waals surface area contributed by atoms with Gasteiger partial charge in [0.05, 0.1) is 10.9 Å². The lowest BCUT2D eigenvalue weighted by atomic mass is 9.97. The average Bonchev–Trinajstić information content (AvgIpc) is 3.14. The minimum Gasteiger partial charge on any atom is -0.743 e. The molecule has 0 bridgehead atoms. The van der Waals surface area contributed by atoms with Gasteiger partial charge in [0, 0.05) is 35.1 Å². The van der Waals surface area contributed by atoms with Gasteiger partial charge in [-0.1, -0.05) is 78.5 Å². The summed E-state index contributed by atoms with van der Waals surface area (Å²) in [5, 5.41) is -7.11. The standard InChI is InChI=1S/C33H29O2S2.C4HF9O3S/c1-34-33(35-2,26-18-22-29(23-19-26)36-28-12-6-3-7-13-28)27-20-24-32(25-21-27)37(30-14-8-4-9-15-30)31-16-10-5-11-17-31;5-1(6,3(9,10)11)2(7,8)4(12,13)17(14,15)16/h3-25H,1-2H3;(H,14,15,16)/q+1;/p-1. The fourth-order valence-electron chi connectivity index (χ4n) is 4.94. The second-order valence-electron chi connectivity index (χ2n) is 11.0. The van der Waals surface area contributed by atoms with Gasteiger partial charge in [0.1, 0.15) is 0 Å². The van der Waals surface area contributed by atoms with Crippen molar-refractivity contribution in [2.75, 3.05) is 14.2 Å². The first-order chi connectivity index (χ1) is 25.2. The molecule has 5 aromatic rings. The SMILES string of the molecule is COC(OC)(c1ccc(Sc2ccccc2)cc1)c1ccc([S+](c2ccccc2)c2ccccc2)cc1.O=S(=O)([O-])C(F)(F)C(F)(F)C(F)(F)C(F)(F)F. The molecule has 0 spiro atoms. The minimum atomic E-state index is -7.43. The van der Waals surface area contributed by atoms with E-state index in [0.717, 1.165) is 11.1 Å². The number of alkyl halides is 9. The van der Waals surface area contributed by atoms with Crippen LogP contribution in [0.25, 0.3) is 0 Å². The number of ether oxygens (including phenoxy) is 2. The summed E-state index contributed by atoms with van der Waals surface area (Å²) in [7, 11) is -4.23. The number of halogens is 9. The largest absolute Gasteiger partial charge is 0.743 e. The Balaban J connectivity index is 0.000000324. The van der Waals surface area contributed by atoms with Gasteiger partial charge in [-0.15, -0.1) is 0 Å².